The zero-order valence-corrected chi connectivity index (χ0v) is 12.8. The zero-order valence-electron chi connectivity index (χ0n) is 12.8. The van der Waals surface area contributed by atoms with E-state index in [1.165, 1.54) is 0 Å². The van der Waals surface area contributed by atoms with Crippen LogP contribution in [0.4, 0.5) is 0 Å². The number of rotatable bonds is 8. The number of methoxy groups -OCH3 is 1. The molecule has 1 amide bonds. The molecule has 0 aliphatic heterocycles. The zero-order chi connectivity index (χ0) is 15.0. The lowest BCUT2D eigenvalue weighted by Crippen LogP contribution is -2.30. The van der Waals surface area contributed by atoms with E-state index in [0.29, 0.717) is 32.7 Å². The number of nitrogens with zero attached hydrogens (tertiary/aromatic N) is 3. The number of aromatic nitrogens is 3. The third-order valence-electron chi connectivity index (χ3n) is 2.69. The number of nitrogens with one attached hydrogen (secondary N) is 2. The van der Waals surface area contributed by atoms with Gasteiger partial charge in [-0.15, -0.1) is 5.10 Å². The summed E-state index contributed by atoms with van der Waals surface area (Å²) >= 11 is 0. The predicted molar refractivity (Wildman–Crippen MR) is 76.2 cm³/mol. The van der Waals surface area contributed by atoms with Gasteiger partial charge in [0.05, 0.1) is 24.0 Å². The van der Waals surface area contributed by atoms with Crippen molar-refractivity contribution in [1.29, 1.82) is 0 Å². The molecule has 20 heavy (non-hydrogen) atoms. The Morgan fingerprint density at radius 1 is 1.40 bits per heavy atom. The Morgan fingerprint density at radius 3 is 2.75 bits per heavy atom. The van der Waals surface area contributed by atoms with Crippen molar-refractivity contribution >= 4 is 5.91 Å². The summed E-state index contributed by atoms with van der Waals surface area (Å²) in [6.07, 6.45) is 2.36. The van der Waals surface area contributed by atoms with Crippen molar-refractivity contribution in [2.24, 2.45) is 0 Å². The molecular weight excluding hydrogens is 258 g/mol. The van der Waals surface area contributed by atoms with Crippen LogP contribution in [0.1, 0.15) is 32.9 Å². The highest BCUT2D eigenvalue weighted by Crippen LogP contribution is 2.11. The van der Waals surface area contributed by atoms with Crippen molar-refractivity contribution in [2.45, 2.75) is 39.3 Å². The van der Waals surface area contributed by atoms with E-state index < -0.39 is 0 Å². The molecule has 114 valence electrons. The van der Waals surface area contributed by atoms with Crippen LogP contribution in [0, 0.1) is 0 Å². The van der Waals surface area contributed by atoms with Crippen molar-refractivity contribution in [3.63, 3.8) is 0 Å². The first-order valence-electron chi connectivity index (χ1n) is 6.81. The van der Waals surface area contributed by atoms with Crippen LogP contribution in [0.25, 0.3) is 0 Å². The summed E-state index contributed by atoms with van der Waals surface area (Å²) in [6, 6.07) is 0. The molecule has 0 fully saturated rings. The molecule has 0 saturated carbocycles. The van der Waals surface area contributed by atoms with E-state index in [9.17, 15) is 4.79 Å². The van der Waals surface area contributed by atoms with Crippen LogP contribution in [0.15, 0.2) is 6.20 Å². The van der Waals surface area contributed by atoms with Gasteiger partial charge in [-0.3, -0.25) is 4.79 Å². The predicted octanol–water partition coefficient (Wildman–Crippen LogP) is 0.275. The standard InChI is InChI=1S/C13H25N5O2/c1-13(2,3)18-10-11(16-17-18)9-14-6-5-12(19)15-7-8-20-4/h10,14H,5-9H2,1-4H3,(H,15,19). The molecule has 0 atom stereocenters. The highest BCUT2D eigenvalue weighted by Gasteiger charge is 2.14. The maximum absolute atomic E-state index is 11.4. The van der Waals surface area contributed by atoms with Crippen LogP contribution in [-0.2, 0) is 21.6 Å². The fraction of sp³-hybridized carbons (Fsp3) is 0.769. The normalized spacial score (nSPS) is 11.6. The molecule has 0 bridgehead atoms. The van der Waals surface area contributed by atoms with E-state index in [2.05, 4.69) is 41.7 Å². The Hall–Kier alpha value is -1.47. The Bertz CT molecular complexity index is 411. The lowest BCUT2D eigenvalue weighted by atomic mass is 10.1. The highest BCUT2D eigenvalue weighted by atomic mass is 16.5. The van der Waals surface area contributed by atoms with Gasteiger partial charge in [0.25, 0.3) is 0 Å². The van der Waals surface area contributed by atoms with Crippen molar-refractivity contribution in [3.05, 3.63) is 11.9 Å². The molecule has 0 radical (unpaired) electrons. The maximum atomic E-state index is 11.4. The lowest BCUT2D eigenvalue weighted by Gasteiger charge is -2.17. The van der Waals surface area contributed by atoms with E-state index in [0.717, 1.165) is 5.69 Å². The van der Waals surface area contributed by atoms with Crippen LogP contribution in [0.5, 0.6) is 0 Å². The molecule has 1 aromatic heterocycles. The smallest absolute Gasteiger partial charge is 0.221 e. The van der Waals surface area contributed by atoms with Crippen molar-refractivity contribution < 1.29 is 9.53 Å². The minimum Gasteiger partial charge on any atom is -0.383 e. The fourth-order valence-corrected chi connectivity index (χ4v) is 1.51. The summed E-state index contributed by atoms with van der Waals surface area (Å²) in [4.78, 5) is 11.4. The second-order valence-corrected chi connectivity index (χ2v) is 5.59. The van der Waals surface area contributed by atoms with Gasteiger partial charge in [0.1, 0.15) is 0 Å². The van der Waals surface area contributed by atoms with Crippen molar-refractivity contribution in [1.82, 2.24) is 25.6 Å². The van der Waals surface area contributed by atoms with Crippen LogP contribution in [0.3, 0.4) is 0 Å². The van der Waals surface area contributed by atoms with Gasteiger partial charge in [0, 0.05) is 33.2 Å². The number of carbonyl (C=O) groups is 1. The minimum atomic E-state index is -0.0630. The van der Waals surface area contributed by atoms with E-state index in [4.69, 9.17) is 4.74 Å². The van der Waals surface area contributed by atoms with Gasteiger partial charge in [-0.1, -0.05) is 5.21 Å². The second kappa shape index (κ2) is 7.96. The maximum Gasteiger partial charge on any atom is 0.221 e. The minimum absolute atomic E-state index is 0.0212. The van der Waals surface area contributed by atoms with Gasteiger partial charge in [-0.2, -0.15) is 0 Å². The Morgan fingerprint density at radius 2 is 2.15 bits per heavy atom. The van der Waals surface area contributed by atoms with Gasteiger partial charge >= 0.3 is 0 Å². The van der Waals surface area contributed by atoms with Gasteiger partial charge in [0.2, 0.25) is 5.91 Å². The van der Waals surface area contributed by atoms with E-state index in [-0.39, 0.29) is 11.4 Å². The molecule has 1 aromatic rings. The molecule has 1 rings (SSSR count). The van der Waals surface area contributed by atoms with Crippen LogP contribution >= 0.6 is 0 Å². The van der Waals surface area contributed by atoms with Gasteiger partial charge in [0.15, 0.2) is 0 Å². The third-order valence-corrected chi connectivity index (χ3v) is 2.69. The monoisotopic (exact) mass is 283 g/mol. The first kappa shape index (κ1) is 16.6. The number of ether oxygens (including phenoxy) is 1. The molecule has 7 heteroatoms. The summed E-state index contributed by atoms with van der Waals surface area (Å²) in [5.74, 6) is 0.0212. The quantitative estimate of drug-likeness (QED) is 0.670. The average Bonchev–Trinajstić information content (AvgIpc) is 2.83. The van der Waals surface area contributed by atoms with Crippen molar-refractivity contribution in [2.75, 3.05) is 26.8 Å². The summed E-state index contributed by atoms with van der Waals surface area (Å²) in [6.45, 7) is 8.53. The Kier molecular flexibility index (Phi) is 6.60. The second-order valence-electron chi connectivity index (χ2n) is 5.59. The molecule has 0 aliphatic carbocycles. The number of carbonyl (C=O) groups excluding carboxylic acids is 1. The van der Waals surface area contributed by atoms with E-state index in [1.807, 2.05) is 10.9 Å². The van der Waals surface area contributed by atoms with Crippen molar-refractivity contribution in [3.8, 4) is 0 Å². The molecule has 2 N–H and O–H groups in total. The number of hydrogen-bond donors (Lipinski definition) is 2. The first-order valence-corrected chi connectivity index (χ1v) is 6.81. The summed E-state index contributed by atoms with van der Waals surface area (Å²) in [5.41, 5.74) is 0.812. The average molecular weight is 283 g/mol. The summed E-state index contributed by atoms with van der Waals surface area (Å²) < 4.78 is 6.69. The van der Waals surface area contributed by atoms with Gasteiger partial charge in [-0.05, 0) is 20.8 Å². The molecule has 1 heterocycles. The molecule has 0 spiro atoms. The van der Waals surface area contributed by atoms with E-state index in [1.54, 1.807) is 7.11 Å². The molecule has 0 saturated heterocycles. The first-order chi connectivity index (χ1) is 9.43. The van der Waals surface area contributed by atoms with Crippen LogP contribution in [-0.4, -0.2) is 47.7 Å². The van der Waals surface area contributed by atoms with Gasteiger partial charge in [-0.25, -0.2) is 4.68 Å². The summed E-state index contributed by atoms with van der Waals surface area (Å²) in [7, 11) is 1.61. The Labute approximate surface area is 120 Å². The third kappa shape index (κ3) is 6.12. The molecule has 0 aromatic carbocycles. The molecular formula is C13H25N5O2. The van der Waals surface area contributed by atoms with Crippen LogP contribution < -0.4 is 10.6 Å². The molecule has 0 aliphatic rings. The van der Waals surface area contributed by atoms with E-state index >= 15 is 0 Å². The van der Waals surface area contributed by atoms with Crippen LogP contribution in [0.2, 0.25) is 0 Å². The van der Waals surface area contributed by atoms with Gasteiger partial charge < -0.3 is 15.4 Å². The lowest BCUT2D eigenvalue weighted by molar-refractivity contribution is -0.121. The molecule has 7 nitrogen and oxygen atoms in total. The topological polar surface area (TPSA) is 81.1 Å². The SMILES string of the molecule is COCCNC(=O)CCNCc1cn(C(C)(C)C)nn1. The molecule has 0 unspecified atom stereocenters. The number of hydrogen-bond acceptors (Lipinski definition) is 5. The fourth-order valence-electron chi connectivity index (χ4n) is 1.51. The number of amides is 1. The summed E-state index contributed by atoms with van der Waals surface area (Å²) in [5, 5.41) is 14.1. The highest BCUT2D eigenvalue weighted by molar-refractivity contribution is 5.75. The largest absolute Gasteiger partial charge is 0.383 e. The Balaban J connectivity index is 2.18.